The molecule has 25 heavy (non-hydrogen) atoms. The quantitative estimate of drug-likeness (QED) is 0.523. The SMILES string of the molecule is O=c1[nH]c2cc(F)c(NCc3cc4cc(Cl)ccc4[nH]c3=O)cc2o1. The number of aromatic amines is 2. The molecule has 126 valence electrons. The highest BCUT2D eigenvalue weighted by atomic mass is 35.5. The van der Waals surface area contributed by atoms with Gasteiger partial charge in [0.2, 0.25) is 0 Å². The van der Waals surface area contributed by atoms with Crippen molar-refractivity contribution in [3.05, 3.63) is 73.7 Å². The average molecular weight is 360 g/mol. The summed E-state index contributed by atoms with van der Waals surface area (Å²) in [5.74, 6) is -1.22. The first kappa shape index (κ1) is 15.5. The van der Waals surface area contributed by atoms with Crippen molar-refractivity contribution in [3.63, 3.8) is 0 Å². The Kier molecular flexibility index (Phi) is 3.58. The van der Waals surface area contributed by atoms with Gasteiger partial charge in [-0.1, -0.05) is 11.6 Å². The van der Waals surface area contributed by atoms with Crippen LogP contribution in [0.3, 0.4) is 0 Å². The van der Waals surface area contributed by atoms with Crippen molar-refractivity contribution in [2.45, 2.75) is 6.54 Å². The topological polar surface area (TPSA) is 90.9 Å². The van der Waals surface area contributed by atoms with Gasteiger partial charge in [0, 0.05) is 40.2 Å². The molecule has 0 saturated carbocycles. The maximum absolute atomic E-state index is 14.1. The zero-order chi connectivity index (χ0) is 17.6. The van der Waals surface area contributed by atoms with Gasteiger partial charge in [0.15, 0.2) is 5.58 Å². The molecule has 6 nitrogen and oxygen atoms in total. The number of benzene rings is 2. The summed E-state index contributed by atoms with van der Waals surface area (Å²) in [5, 5.41) is 4.17. The number of oxazole rings is 1. The number of hydrogen-bond donors (Lipinski definition) is 3. The summed E-state index contributed by atoms with van der Waals surface area (Å²) in [6.07, 6.45) is 0. The number of pyridine rings is 1. The lowest BCUT2D eigenvalue weighted by Crippen LogP contribution is -2.16. The lowest BCUT2D eigenvalue weighted by molar-refractivity contribution is 0.555. The lowest BCUT2D eigenvalue weighted by Gasteiger charge is -2.08. The molecule has 0 unspecified atom stereocenters. The van der Waals surface area contributed by atoms with Crippen molar-refractivity contribution >= 4 is 39.3 Å². The highest BCUT2D eigenvalue weighted by molar-refractivity contribution is 6.31. The van der Waals surface area contributed by atoms with Crippen LogP contribution < -0.4 is 16.6 Å². The number of nitrogens with one attached hydrogen (secondary N) is 3. The third kappa shape index (κ3) is 2.89. The van der Waals surface area contributed by atoms with E-state index in [0.29, 0.717) is 16.1 Å². The van der Waals surface area contributed by atoms with Crippen LogP contribution >= 0.6 is 11.6 Å². The zero-order valence-corrected chi connectivity index (χ0v) is 13.4. The third-order valence-corrected chi connectivity index (χ3v) is 4.10. The molecule has 0 radical (unpaired) electrons. The van der Waals surface area contributed by atoms with Crippen molar-refractivity contribution in [2.24, 2.45) is 0 Å². The highest BCUT2D eigenvalue weighted by Gasteiger charge is 2.10. The normalized spacial score (nSPS) is 11.3. The lowest BCUT2D eigenvalue weighted by atomic mass is 10.1. The Morgan fingerprint density at radius 2 is 1.92 bits per heavy atom. The maximum atomic E-state index is 14.1. The number of hydrogen-bond acceptors (Lipinski definition) is 4. The van der Waals surface area contributed by atoms with Gasteiger partial charge >= 0.3 is 5.76 Å². The molecular formula is C17H11ClFN3O3. The molecule has 0 aliphatic carbocycles. The summed E-state index contributed by atoms with van der Waals surface area (Å²) < 4.78 is 19.0. The number of aromatic nitrogens is 2. The Morgan fingerprint density at radius 1 is 1.08 bits per heavy atom. The largest absolute Gasteiger partial charge is 0.417 e. The van der Waals surface area contributed by atoms with E-state index >= 15 is 0 Å². The number of anilines is 1. The van der Waals surface area contributed by atoms with Crippen molar-refractivity contribution in [3.8, 4) is 0 Å². The van der Waals surface area contributed by atoms with Crippen molar-refractivity contribution in [1.82, 2.24) is 9.97 Å². The molecule has 0 fully saturated rings. The minimum Gasteiger partial charge on any atom is -0.408 e. The summed E-state index contributed by atoms with van der Waals surface area (Å²) in [6.45, 7) is 0.0921. The molecule has 0 spiro atoms. The van der Waals surface area contributed by atoms with Gasteiger partial charge in [0.25, 0.3) is 5.56 Å². The maximum Gasteiger partial charge on any atom is 0.417 e. The molecule has 0 aliphatic heterocycles. The van der Waals surface area contributed by atoms with Gasteiger partial charge in [-0.05, 0) is 24.3 Å². The van der Waals surface area contributed by atoms with Crippen LogP contribution in [0, 0.1) is 5.82 Å². The minimum absolute atomic E-state index is 0.0921. The van der Waals surface area contributed by atoms with Gasteiger partial charge in [0.05, 0.1) is 11.2 Å². The van der Waals surface area contributed by atoms with E-state index in [0.717, 1.165) is 11.5 Å². The fourth-order valence-corrected chi connectivity index (χ4v) is 2.83. The van der Waals surface area contributed by atoms with Gasteiger partial charge in [-0.2, -0.15) is 0 Å². The molecule has 0 saturated heterocycles. The number of fused-ring (bicyclic) bond motifs is 2. The van der Waals surface area contributed by atoms with Crippen LogP contribution in [0.2, 0.25) is 5.02 Å². The molecule has 2 aromatic heterocycles. The molecule has 4 aromatic rings. The van der Waals surface area contributed by atoms with E-state index in [1.165, 1.54) is 6.07 Å². The van der Waals surface area contributed by atoms with E-state index in [2.05, 4.69) is 15.3 Å². The Labute approximate surface area is 144 Å². The minimum atomic E-state index is -0.658. The Hall–Kier alpha value is -3.06. The van der Waals surface area contributed by atoms with E-state index in [1.54, 1.807) is 24.3 Å². The molecule has 8 heteroatoms. The molecule has 2 aromatic carbocycles. The van der Waals surface area contributed by atoms with Gasteiger partial charge in [0.1, 0.15) is 5.82 Å². The second-order valence-electron chi connectivity index (χ2n) is 5.55. The Bertz CT molecular complexity index is 1230. The second-order valence-corrected chi connectivity index (χ2v) is 5.99. The first-order valence-electron chi connectivity index (χ1n) is 7.37. The predicted octanol–water partition coefficient (Wildman–Crippen LogP) is 3.37. The molecule has 0 aliphatic rings. The van der Waals surface area contributed by atoms with Crippen LogP contribution in [-0.4, -0.2) is 9.97 Å². The fourth-order valence-electron chi connectivity index (χ4n) is 2.65. The van der Waals surface area contributed by atoms with Gasteiger partial charge in [-0.25, -0.2) is 9.18 Å². The second kappa shape index (κ2) is 5.78. The molecule has 2 heterocycles. The summed E-state index contributed by atoms with van der Waals surface area (Å²) in [6, 6.07) is 9.36. The first-order chi connectivity index (χ1) is 12.0. The standard InChI is InChI=1S/C17H11ClFN3O3/c18-10-1-2-12-8(4-10)3-9(16(23)21-12)7-20-13-6-15-14(5-11(13)19)22-17(24)25-15/h1-6,20H,7H2,(H,21,23)(H,22,24). The van der Waals surface area contributed by atoms with E-state index in [-0.39, 0.29) is 28.9 Å². The fraction of sp³-hybridized carbons (Fsp3) is 0.0588. The van der Waals surface area contributed by atoms with E-state index < -0.39 is 11.6 Å². The van der Waals surface area contributed by atoms with Crippen LogP contribution in [0.25, 0.3) is 22.0 Å². The molecular weight excluding hydrogens is 349 g/mol. The van der Waals surface area contributed by atoms with Crippen LogP contribution in [0.1, 0.15) is 5.56 Å². The third-order valence-electron chi connectivity index (χ3n) is 3.86. The molecule has 3 N–H and O–H groups in total. The van der Waals surface area contributed by atoms with E-state index in [1.807, 2.05) is 0 Å². The van der Waals surface area contributed by atoms with Gasteiger partial charge in [-0.3, -0.25) is 9.78 Å². The first-order valence-corrected chi connectivity index (χ1v) is 7.75. The highest BCUT2D eigenvalue weighted by Crippen LogP contribution is 2.22. The Balaban J connectivity index is 1.68. The average Bonchev–Trinajstić information content (AvgIpc) is 2.92. The van der Waals surface area contributed by atoms with Crippen molar-refractivity contribution < 1.29 is 8.81 Å². The predicted molar refractivity (Wildman–Crippen MR) is 93.7 cm³/mol. The number of H-pyrrole nitrogens is 2. The van der Waals surface area contributed by atoms with E-state index in [9.17, 15) is 14.0 Å². The van der Waals surface area contributed by atoms with E-state index in [4.69, 9.17) is 16.0 Å². The number of rotatable bonds is 3. The Morgan fingerprint density at radius 3 is 2.76 bits per heavy atom. The summed E-state index contributed by atoms with van der Waals surface area (Å²) >= 11 is 5.97. The summed E-state index contributed by atoms with van der Waals surface area (Å²) in [5.41, 5.74) is 1.43. The van der Waals surface area contributed by atoms with Crippen molar-refractivity contribution in [1.29, 1.82) is 0 Å². The van der Waals surface area contributed by atoms with Crippen LogP contribution in [-0.2, 0) is 6.54 Å². The molecule has 0 amide bonds. The smallest absolute Gasteiger partial charge is 0.408 e. The zero-order valence-electron chi connectivity index (χ0n) is 12.7. The van der Waals surface area contributed by atoms with Crippen LogP contribution in [0.15, 0.2) is 50.4 Å². The number of halogens is 2. The van der Waals surface area contributed by atoms with Gasteiger partial charge in [-0.15, -0.1) is 0 Å². The van der Waals surface area contributed by atoms with Crippen LogP contribution in [0.4, 0.5) is 10.1 Å². The molecule has 0 bridgehead atoms. The monoisotopic (exact) mass is 359 g/mol. The molecule has 4 rings (SSSR count). The summed E-state index contributed by atoms with van der Waals surface area (Å²) in [4.78, 5) is 28.5. The van der Waals surface area contributed by atoms with Crippen LogP contribution in [0.5, 0.6) is 0 Å². The van der Waals surface area contributed by atoms with Gasteiger partial charge < -0.3 is 14.7 Å². The summed E-state index contributed by atoms with van der Waals surface area (Å²) in [7, 11) is 0. The van der Waals surface area contributed by atoms with Crippen molar-refractivity contribution in [2.75, 3.05) is 5.32 Å². The molecule has 0 atom stereocenters.